The highest BCUT2D eigenvalue weighted by Gasteiger charge is 2.27. The Kier molecular flexibility index (Phi) is 4.74. The minimum Gasteiger partial charge on any atom is -0.459 e. The van der Waals surface area contributed by atoms with E-state index in [1.165, 1.54) is 18.2 Å². The second-order valence-electron chi connectivity index (χ2n) is 6.19. The van der Waals surface area contributed by atoms with Crippen molar-refractivity contribution in [3.05, 3.63) is 56.2 Å². The molecular weight excluding hydrogens is 477 g/mol. The zero-order valence-electron chi connectivity index (χ0n) is 13.7. The Hall–Kier alpha value is -1.54. The zero-order valence-corrected chi connectivity index (χ0v) is 17.6. The van der Waals surface area contributed by atoms with Crippen LogP contribution in [0.3, 0.4) is 0 Å². The molecule has 0 radical (unpaired) electrons. The first kappa shape index (κ1) is 18.8. The van der Waals surface area contributed by atoms with E-state index in [9.17, 15) is 13.2 Å². The van der Waals surface area contributed by atoms with Crippen molar-refractivity contribution >= 4 is 71.6 Å². The van der Waals surface area contributed by atoms with Crippen LogP contribution in [0.2, 0.25) is 10.0 Å². The van der Waals surface area contributed by atoms with Crippen LogP contribution in [0.15, 0.2) is 44.1 Å². The van der Waals surface area contributed by atoms with Gasteiger partial charge in [0.25, 0.3) is 10.0 Å². The third-order valence-corrected chi connectivity index (χ3v) is 7.03. The summed E-state index contributed by atoms with van der Waals surface area (Å²) in [6.45, 7) is 0. The third kappa shape index (κ3) is 3.38. The minimum atomic E-state index is -3.97. The quantitative estimate of drug-likeness (QED) is 0.503. The van der Waals surface area contributed by atoms with Crippen molar-refractivity contribution in [2.24, 2.45) is 0 Å². The first-order valence-corrected chi connectivity index (χ1v) is 11.1. The van der Waals surface area contributed by atoms with E-state index in [1.807, 2.05) is 0 Å². The van der Waals surface area contributed by atoms with E-state index in [-0.39, 0.29) is 26.4 Å². The van der Waals surface area contributed by atoms with Gasteiger partial charge >= 0.3 is 0 Å². The molecule has 0 spiro atoms. The van der Waals surface area contributed by atoms with Crippen molar-refractivity contribution in [1.82, 2.24) is 0 Å². The van der Waals surface area contributed by atoms with Gasteiger partial charge < -0.3 is 4.42 Å². The average molecular weight is 489 g/mol. The highest BCUT2D eigenvalue weighted by Crippen LogP contribution is 2.38. The number of Topliss-reactive ketones (excluding diaryl/α,β-unsaturated/α-hetero) is 1. The summed E-state index contributed by atoms with van der Waals surface area (Å²) in [5.41, 5.74) is 1.34. The Labute approximate surface area is 173 Å². The SMILES string of the molecule is O=C1CCCc2oc3c(Br)cc(NS(=O)(=O)c4cc(Cl)ccc4Cl)cc3c21. The van der Waals surface area contributed by atoms with Gasteiger partial charge in [-0.2, -0.15) is 0 Å². The first-order valence-electron chi connectivity index (χ1n) is 8.02. The van der Waals surface area contributed by atoms with Crippen LogP contribution in [0.1, 0.15) is 29.0 Å². The van der Waals surface area contributed by atoms with Gasteiger partial charge in [0.15, 0.2) is 5.78 Å². The molecule has 1 aliphatic carbocycles. The van der Waals surface area contributed by atoms with Gasteiger partial charge in [-0.3, -0.25) is 9.52 Å². The van der Waals surface area contributed by atoms with Crippen LogP contribution < -0.4 is 4.72 Å². The van der Waals surface area contributed by atoms with Gasteiger partial charge in [-0.05, 0) is 52.7 Å². The van der Waals surface area contributed by atoms with Crippen LogP contribution >= 0.6 is 39.1 Å². The first-order chi connectivity index (χ1) is 12.8. The number of rotatable bonds is 3. The van der Waals surface area contributed by atoms with Gasteiger partial charge in [0, 0.05) is 23.3 Å². The number of fused-ring (bicyclic) bond motifs is 3. The topological polar surface area (TPSA) is 76.4 Å². The van der Waals surface area contributed by atoms with Crippen LogP contribution in [0.25, 0.3) is 11.0 Å². The molecule has 1 heterocycles. The van der Waals surface area contributed by atoms with Crippen LogP contribution in [0, 0.1) is 0 Å². The van der Waals surface area contributed by atoms with Crippen LogP contribution in [0.4, 0.5) is 5.69 Å². The predicted molar refractivity (Wildman–Crippen MR) is 108 cm³/mol. The lowest BCUT2D eigenvalue weighted by Gasteiger charge is -2.11. The molecule has 3 aromatic rings. The van der Waals surface area contributed by atoms with Crippen molar-refractivity contribution < 1.29 is 17.6 Å². The van der Waals surface area contributed by atoms with Crippen LogP contribution in [0.5, 0.6) is 0 Å². The Bertz CT molecular complexity index is 1200. The molecule has 0 fully saturated rings. The van der Waals surface area contributed by atoms with Gasteiger partial charge in [0.05, 0.1) is 20.7 Å². The molecule has 1 aromatic heterocycles. The number of halogens is 3. The maximum Gasteiger partial charge on any atom is 0.263 e. The Morgan fingerprint density at radius 1 is 1.11 bits per heavy atom. The lowest BCUT2D eigenvalue weighted by Crippen LogP contribution is -2.13. The summed E-state index contributed by atoms with van der Waals surface area (Å²) in [4.78, 5) is 12.2. The highest BCUT2D eigenvalue weighted by molar-refractivity contribution is 9.10. The van der Waals surface area contributed by atoms with Crippen molar-refractivity contribution in [2.45, 2.75) is 24.2 Å². The van der Waals surface area contributed by atoms with E-state index in [0.717, 1.165) is 6.42 Å². The number of sulfonamides is 1. The number of aryl methyl sites for hydroxylation is 1. The molecule has 140 valence electrons. The van der Waals surface area contributed by atoms with Crippen LogP contribution in [-0.2, 0) is 16.4 Å². The Morgan fingerprint density at radius 3 is 2.67 bits per heavy atom. The number of carbonyl (C=O) groups is 1. The number of hydrogen-bond acceptors (Lipinski definition) is 4. The van der Waals surface area contributed by atoms with Gasteiger partial charge in [-0.1, -0.05) is 23.2 Å². The summed E-state index contributed by atoms with van der Waals surface area (Å²) in [5, 5.41) is 0.896. The summed E-state index contributed by atoms with van der Waals surface area (Å²) in [5.74, 6) is 0.639. The molecule has 0 saturated heterocycles. The number of hydrogen-bond donors (Lipinski definition) is 1. The maximum atomic E-state index is 12.8. The average Bonchev–Trinajstić information content (AvgIpc) is 2.97. The normalized spacial score (nSPS) is 14.4. The fourth-order valence-corrected chi connectivity index (χ4v) is 5.52. The van der Waals surface area contributed by atoms with Gasteiger partial charge in [0.2, 0.25) is 0 Å². The summed E-state index contributed by atoms with van der Waals surface area (Å²) in [6, 6.07) is 7.39. The number of nitrogens with one attached hydrogen (secondary N) is 1. The van der Waals surface area contributed by atoms with Gasteiger partial charge in [0.1, 0.15) is 16.2 Å². The summed E-state index contributed by atoms with van der Waals surface area (Å²) in [6.07, 6.45) is 1.88. The Morgan fingerprint density at radius 2 is 1.89 bits per heavy atom. The fraction of sp³-hybridized carbons (Fsp3) is 0.167. The van der Waals surface area contributed by atoms with Crippen molar-refractivity contribution in [2.75, 3.05) is 4.72 Å². The van der Waals surface area contributed by atoms with E-state index in [4.69, 9.17) is 27.6 Å². The number of furan rings is 1. The van der Waals surface area contributed by atoms with Crippen LogP contribution in [-0.4, -0.2) is 14.2 Å². The molecule has 9 heteroatoms. The largest absolute Gasteiger partial charge is 0.459 e. The molecule has 0 bridgehead atoms. The van der Waals surface area contributed by atoms with E-state index >= 15 is 0 Å². The number of anilines is 1. The summed E-state index contributed by atoms with van der Waals surface area (Å²) < 4.78 is 34.4. The molecule has 0 atom stereocenters. The molecule has 0 saturated carbocycles. The molecule has 4 rings (SSSR count). The van der Waals surface area contributed by atoms with E-state index in [2.05, 4.69) is 20.7 Å². The second-order valence-corrected chi connectivity index (χ2v) is 9.54. The standard InChI is InChI=1S/C18H12BrCl2NO4S/c19-12-8-10(22-27(24,25)16-6-9(20)4-5-13(16)21)7-11-17-14(23)2-1-3-15(17)26-18(11)12/h4-8,22H,1-3H2. The predicted octanol–water partition coefficient (Wildman–Crippen LogP) is 5.82. The molecular formula is C18H12BrCl2NO4S. The van der Waals surface area contributed by atoms with E-state index in [0.29, 0.717) is 39.6 Å². The molecule has 0 amide bonds. The summed E-state index contributed by atoms with van der Waals surface area (Å²) >= 11 is 15.3. The smallest absolute Gasteiger partial charge is 0.263 e. The molecule has 0 unspecified atom stereocenters. The van der Waals surface area contributed by atoms with E-state index < -0.39 is 10.0 Å². The molecule has 5 nitrogen and oxygen atoms in total. The molecule has 2 aromatic carbocycles. The highest BCUT2D eigenvalue weighted by atomic mass is 79.9. The number of carbonyl (C=O) groups excluding carboxylic acids is 1. The molecule has 1 N–H and O–H groups in total. The fourth-order valence-electron chi connectivity index (χ4n) is 3.18. The Balaban J connectivity index is 1.82. The second kappa shape index (κ2) is 6.81. The third-order valence-electron chi connectivity index (χ3n) is 4.34. The maximum absolute atomic E-state index is 12.8. The number of benzene rings is 2. The monoisotopic (exact) mass is 487 g/mol. The molecule has 0 aliphatic heterocycles. The van der Waals surface area contributed by atoms with Gasteiger partial charge in [-0.25, -0.2) is 8.42 Å². The van der Waals surface area contributed by atoms with Crippen molar-refractivity contribution in [1.29, 1.82) is 0 Å². The van der Waals surface area contributed by atoms with Gasteiger partial charge in [-0.15, -0.1) is 0 Å². The van der Waals surface area contributed by atoms with E-state index in [1.54, 1.807) is 12.1 Å². The summed E-state index contributed by atoms with van der Waals surface area (Å²) in [7, 11) is -3.97. The molecule has 27 heavy (non-hydrogen) atoms. The van der Waals surface area contributed by atoms with Crippen molar-refractivity contribution in [3.8, 4) is 0 Å². The minimum absolute atomic E-state index is 0.000192. The zero-order chi connectivity index (χ0) is 19.3. The lowest BCUT2D eigenvalue weighted by atomic mass is 9.94. The number of ketones is 1. The van der Waals surface area contributed by atoms with Crippen molar-refractivity contribution in [3.63, 3.8) is 0 Å². The molecule has 1 aliphatic rings. The lowest BCUT2D eigenvalue weighted by molar-refractivity contribution is 0.0971.